The number of anilines is 2. The summed E-state index contributed by atoms with van der Waals surface area (Å²) in [6.07, 6.45) is 2.26. The van der Waals surface area contributed by atoms with E-state index in [9.17, 15) is 9.59 Å². The highest BCUT2D eigenvalue weighted by atomic mass is 16.2. The molecule has 26 heavy (non-hydrogen) atoms. The minimum Gasteiger partial charge on any atom is -0.371 e. The minimum absolute atomic E-state index is 0.0909. The van der Waals surface area contributed by atoms with Crippen LogP contribution in [0.25, 0.3) is 0 Å². The van der Waals surface area contributed by atoms with Gasteiger partial charge in [0.25, 0.3) is 5.91 Å². The molecule has 1 saturated heterocycles. The van der Waals surface area contributed by atoms with Gasteiger partial charge in [0.15, 0.2) is 0 Å². The lowest BCUT2D eigenvalue weighted by atomic mass is 9.97. The van der Waals surface area contributed by atoms with E-state index in [1.165, 1.54) is 0 Å². The van der Waals surface area contributed by atoms with Crippen LogP contribution in [0.4, 0.5) is 16.2 Å². The van der Waals surface area contributed by atoms with Gasteiger partial charge < -0.3 is 20.9 Å². The van der Waals surface area contributed by atoms with Crippen molar-refractivity contribution >= 4 is 23.3 Å². The van der Waals surface area contributed by atoms with Crippen LogP contribution < -0.4 is 20.9 Å². The predicted octanol–water partition coefficient (Wildman–Crippen LogP) is 3.45. The summed E-state index contributed by atoms with van der Waals surface area (Å²) in [5, 5.41) is 8.49. The number of amides is 3. The highest BCUT2D eigenvalue weighted by Gasteiger charge is 2.22. The molecule has 0 saturated carbocycles. The minimum atomic E-state index is -0.263. The number of urea groups is 1. The van der Waals surface area contributed by atoms with Gasteiger partial charge in [-0.05, 0) is 49.8 Å². The van der Waals surface area contributed by atoms with Crippen molar-refractivity contribution in [1.82, 2.24) is 10.6 Å². The number of nitrogens with zero attached hydrogens (tertiary/aromatic N) is 1. The molecule has 1 aliphatic heterocycles. The topological polar surface area (TPSA) is 73.5 Å². The van der Waals surface area contributed by atoms with Crippen molar-refractivity contribution < 1.29 is 9.59 Å². The lowest BCUT2D eigenvalue weighted by Gasteiger charge is -2.33. The molecule has 6 nitrogen and oxygen atoms in total. The number of rotatable bonds is 6. The van der Waals surface area contributed by atoms with Crippen LogP contribution in [0.15, 0.2) is 18.2 Å². The Balaban J connectivity index is 2.24. The second kappa shape index (κ2) is 9.46. The van der Waals surface area contributed by atoms with Crippen LogP contribution in [-0.4, -0.2) is 38.1 Å². The summed E-state index contributed by atoms with van der Waals surface area (Å²) >= 11 is 0. The molecule has 0 bridgehead atoms. The van der Waals surface area contributed by atoms with Gasteiger partial charge in [-0.3, -0.25) is 4.79 Å². The number of carbonyl (C=O) groups excluding carboxylic acids is 2. The maximum atomic E-state index is 12.8. The van der Waals surface area contributed by atoms with Crippen LogP contribution in [0.2, 0.25) is 0 Å². The summed E-state index contributed by atoms with van der Waals surface area (Å²) in [6.45, 7) is 11.4. The number of carbonyl (C=O) groups is 2. The van der Waals surface area contributed by atoms with E-state index in [-0.39, 0.29) is 11.9 Å². The Labute approximate surface area is 156 Å². The molecule has 3 N–H and O–H groups in total. The summed E-state index contributed by atoms with van der Waals surface area (Å²) in [5.41, 5.74) is 2.19. The first-order valence-electron chi connectivity index (χ1n) is 9.62. The predicted molar refractivity (Wildman–Crippen MR) is 107 cm³/mol. The third-order valence-electron chi connectivity index (χ3n) is 4.63. The fourth-order valence-electron chi connectivity index (χ4n) is 3.05. The van der Waals surface area contributed by atoms with Gasteiger partial charge in [0.05, 0.1) is 5.56 Å². The molecule has 1 heterocycles. The summed E-state index contributed by atoms with van der Waals surface area (Å²) in [7, 11) is 0. The van der Waals surface area contributed by atoms with E-state index >= 15 is 0 Å². The first-order chi connectivity index (χ1) is 12.4. The van der Waals surface area contributed by atoms with E-state index in [0.717, 1.165) is 37.5 Å². The zero-order chi connectivity index (χ0) is 19.1. The number of hydrogen-bond acceptors (Lipinski definition) is 3. The molecule has 1 aliphatic rings. The molecule has 1 fully saturated rings. The van der Waals surface area contributed by atoms with Gasteiger partial charge >= 0.3 is 6.03 Å². The molecule has 0 spiro atoms. The van der Waals surface area contributed by atoms with Crippen LogP contribution >= 0.6 is 0 Å². The Kier molecular flexibility index (Phi) is 7.30. The second-order valence-electron chi connectivity index (χ2n) is 7.49. The SMILES string of the molecule is CCNC(=O)Nc1ccc(N2CCC(C)CC2)c(C(=O)NCC(C)C)c1. The van der Waals surface area contributed by atoms with Crippen LogP contribution in [0.5, 0.6) is 0 Å². The standard InChI is InChI=1S/C20H32N4O2/c1-5-21-20(26)23-16-6-7-18(24-10-8-15(4)9-11-24)17(12-16)19(25)22-13-14(2)3/h6-7,12,14-15H,5,8-11,13H2,1-4H3,(H,22,25)(H2,21,23,26). The van der Waals surface area contributed by atoms with Gasteiger partial charge in [0.2, 0.25) is 0 Å². The Morgan fingerprint density at radius 2 is 1.88 bits per heavy atom. The van der Waals surface area contributed by atoms with Crippen LogP contribution in [0, 0.1) is 11.8 Å². The van der Waals surface area contributed by atoms with E-state index in [2.05, 4.69) is 41.6 Å². The van der Waals surface area contributed by atoms with Crippen molar-refractivity contribution in [3.05, 3.63) is 23.8 Å². The van der Waals surface area contributed by atoms with Crippen molar-refractivity contribution in [2.45, 2.75) is 40.5 Å². The summed E-state index contributed by atoms with van der Waals surface area (Å²) < 4.78 is 0. The molecular weight excluding hydrogens is 328 g/mol. The Hall–Kier alpha value is -2.24. The normalized spacial score (nSPS) is 15.0. The van der Waals surface area contributed by atoms with Gasteiger partial charge in [-0.1, -0.05) is 20.8 Å². The Morgan fingerprint density at radius 1 is 1.19 bits per heavy atom. The van der Waals surface area contributed by atoms with Crippen molar-refractivity contribution in [2.24, 2.45) is 11.8 Å². The average Bonchev–Trinajstić information content (AvgIpc) is 2.60. The molecule has 1 aromatic rings. The molecule has 1 aromatic carbocycles. The zero-order valence-electron chi connectivity index (χ0n) is 16.4. The largest absolute Gasteiger partial charge is 0.371 e. The maximum absolute atomic E-state index is 12.8. The molecule has 0 atom stereocenters. The summed E-state index contributed by atoms with van der Waals surface area (Å²) in [5.74, 6) is 1.02. The third kappa shape index (κ3) is 5.64. The van der Waals surface area contributed by atoms with E-state index in [1.54, 1.807) is 6.07 Å². The van der Waals surface area contributed by atoms with Gasteiger partial charge in [0.1, 0.15) is 0 Å². The van der Waals surface area contributed by atoms with Crippen molar-refractivity contribution in [1.29, 1.82) is 0 Å². The highest BCUT2D eigenvalue weighted by molar-refractivity contribution is 6.02. The summed E-state index contributed by atoms with van der Waals surface area (Å²) in [6, 6.07) is 5.32. The maximum Gasteiger partial charge on any atom is 0.319 e. The van der Waals surface area contributed by atoms with E-state index in [0.29, 0.717) is 30.3 Å². The van der Waals surface area contributed by atoms with Crippen LogP contribution in [0.1, 0.15) is 50.9 Å². The molecule has 0 unspecified atom stereocenters. The van der Waals surface area contributed by atoms with E-state index in [4.69, 9.17) is 0 Å². The van der Waals surface area contributed by atoms with Crippen LogP contribution in [0.3, 0.4) is 0 Å². The Morgan fingerprint density at radius 3 is 2.50 bits per heavy atom. The summed E-state index contributed by atoms with van der Waals surface area (Å²) in [4.78, 5) is 26.9. The molecule has 0 aliphatic carbocycles. The molecule has 6 heteroatoms. The fraction of sp³-hybridized carbons (Fsp3) is 0.600. The third-order valence-corrected chi connectivity index (χ3v) is 4.63. The first kappa shape index (κ1) is 20.1. The first-order valence-corrected chi connectivity index (χ1v) is 9.62. The van der Waals surface area contributed by atoms with Crippen LogP contribution in [-0.2, 0) is 0 Å². The van der Waals surface area contributed by atoms with Gasteiger partial charge in [-0.25, -0.2) is 4.79 Å². The highest BCUT2D eigenvalue weighted by Crippen LogP contribution is 2.28. The van der Waals surface area contributed by atoms with Gasteiger partial charge in [-0.2, -0.15) is 0 Å². The molecule has 0 radical (unpaired) electrons. The second-order valence-corrected chi connectivity index (χ2v) is 7.49. The Bertz CT molecular complexity index is 622. The quantitative estimate of drug-likeness (QED) is 0.727. The number of benzene rings is 1. The van der Waals surface area contributed by atoms with E-state index in [1.807, 2.05) is 19.1 Å². The molecule has 2 rings (SSSR count). The molecule has 144 valence electrons. The average molecular weight is 361 g/mol. The number of nitrogens with one attached hydrogen (secondary N) is 3. The lowest BCUT2D eigenvalue weighted by Crippen LogP contribution is -2.35. The molecular formula is C20H32N4O2. The van der Waals surface area contributed by atoms with E-state index < -0.39 is 0 Å². The molecule has 3 amide bonds. The van der Waals surface area contributed by atoms with Gasteiger partial charge in [-0.15, -0.1) is 0 Å². The number of hydrogen-bond donors (Lipinski definition) is 3. The van der Waals surface area contributed by atoms with Gasteiger partial charge in [0, 0.05) is 37.6 Å². The van der Waals surface area contributed by atoms with Crippen molar-refractivity contribution in [3.63, 3.8) is 0 Å². The number of piperidine rings is 1. The zero-order valence-corrected chi connectivity index (χ0v) is 16.4. The lowest BCUT2D eigenvalue weighted by molar-refractivity contribution is 0.0949. The smallest absolute Gasteiger partial charge is 0.319 e. The van der Waals surface area contributed by atoms with Crippen molar-refractivity contribution in [3.8, 4) is 0 Å². The monoisotopic (exact) mass is 360 g/mol. The fourth-order valence-corrected chi connectivity index (χ4v) is 3.05. The molecule has 0 aromatic heterocycles. The van der Waals surface area contributed by atoms with Crippen molar-refractivity contribution in [2.75, 3.05) is 36.4 Å².